The normalized spacial score (nSPS) is 24.9. The second-order valence-corrected chi connectivity index (χ2v) is 6.49. The van der Waals surface area contributed by atoms with Crippen molar-refractivity contribution in [2.45, 2.75) is 65.3 Å². The standard InChI is InChI=1S/C17H31N3/c1-6-14-9-7-8-10-15(14)17(18-4)11-16-12(2)19-20(5)13(16)3/h14-15,17-18H,6-11H2,1-5H3. The predicted octanol–water partition coefficient (Wildman–Crippen LogP) is 3.38. The van der Waals surface area contributed by atoms with Crippen molar-refractivity contribution in [1.29, 1.82) is 0 Å². The van der Waals surface area contributed by atoms with E-state index in [4.69, 9.17) is 0 Å². The summed E-state index contributed by atoms with van der Waals surface area (Å²) in [5.41, 5.74) is 3.98. The first-order valence-electron chi connectivity index (χ1n) is 8.24. The van der Waals surface area contributed by atoms with Crippen molar-refractivity contribution >= 4 is 0 Å². The van der Waals surface area contributed by atoms with E-state index in [0.29, 0.717) is 6.04 Å². The van der Waals surface area contributed by atoms with Gasteiger partial charge in [-0.15, -0.1) is 0 Å². The minimum absolute atomic E-state index is 0.599. The van der Waals surface area contributed by atoms with Gasteiger partial charge in [0.05, 0.1) is 5.69 Å². The molecule has 1 saturated carbocycles. The van der Waals surface area contributed by atoms with Gasteiger partial charge in [-0.1, -0.05) is 32.6 Å². The topological polar surface area (TPSA) is 29.9 Å². The summed E-state index contributed by atoms with van der Waals surface area (Å²) in [7, 11) is 4.18. The zero-order valence-electron chi connectivity index (χ0n) is 13.9. The lowest BCUT2D eigenvalue weighted by atomic mass is 9.72. The van der Waals surface area contributed by atoms with Crippen LogP contribution in [0.2, 0.25) is 0 Å². The third-order valence-corrected chi connectivity index (χ3v) is 5.46. The summed E-state index contributed by atoms with van der Waals surface area (Å²) in [5.74, 6) is 1.73. The van der Waals surface area contributed by atoms with Crippen LogP contribution in [0.5, 0.6) is 0 Å². The van der Waals surface area contributed by atoms with Crippen LogP contribution >= 0.6 is 0 Å². The Morgan fingerprint density at radius 3 is 2.55 bits per heavy atom. The van der Waals surface area contributed by atoms with Gasteiger partial charge >= 0.3 is 0 Å². The molecule has 1 aromatic rings. The third-order valence-electron chi connectivity index (χ3n) is 5.46. The molecule has 1 N–H and O–H groups in total. The fraction of sp³-hybridized carbons (Fsp3) is 0.824. The van der Waals surface area contributed by atoms with Crippen molar-refractivity contribution in [1.82, 2.24) is 15.1 Å². The van der Waals surface area contributed by atoms with E-state index in [1.54, 1.807) is 0 Å². The first kappa shape index (κ1) is 15.6. The molecule has 3 heteroatoms. The molecule has 1 aliphatic carbocycles. The maximum Gasteiger partial charge on any atom is 0.0628 e. The van der Waals surface area contributed by atoms with Crippen molar-refractivity contribution in [3.8, 4) is 0 Å². The van der Waals surface area contributed by atoms with Crippen molar-refractivity contribution in [3.05, 3.63) is 17.0 Å². The third kappa shape index (κ3) is 3.08. The van der Waals surface area contributed by atoms with Gasteiger partial charge in [0.2, 0.25) is 0 Å². The van der Waals surface area contributed by atoms with E-state index in [2.05, 4.69) is 45.3 Å². The molecule has 0 aliphatic heterocycles. The summed E-state index contributed by atoms with van der Waals surface area (Å²) in [5, 5.41) is 8.18. The quantitative estimate of drug-likeness (QED) is 0.894. The van der Waals surface area contributed by atoms with Crippen molar-refractivity contribution in [3.63, 3.8) is 0 Å². The van der Waals surface area contributed by atoms with Crippen molar-refractivity contribution < 1.29 is 0 Å². The minimum atomic E-state index is 0.599. The number of nitrogens with one attached hydrogen (secondary N) is 1. The van der Waals surface area contributed by atoms with Gasteiger partial charge in [0, 0.05) is 18.8 Å². The Balaban J connectivity index is 2.15. The highest BCUT2D eigenvalue weighted by Gasteiger charge is 2.30. The molecule has 1 aliphatic rings. The first-order valence-corrected chi connectivity index (χ1v) is 8.24. The van der Waals surface area contributed by atoms with Crippen molar-refractivity contribution in [2.75, 3.05) is 7.05 Å². The van der Waals surface area contributed by atoms with E-state index in [1.165, 1.54) is 49.1 Å². The Morgan fingerprint density at radius 1 is 1.30 bits per heavy atom. The summed E-state index contributed by atoms with van der Waals surface area (Å²) in [6, 6.07) is 0.599. The molecular weight excluding hydrogens is 246 g/mol. The van der Waals surface area contributed by atoms with Gasteiger partial charge in [0.15, 0.2) is 0 Å². The highest BCUT2D eigenvalue weighted by atomic mass is 15.3. The molecule has 0 bridgehead atoms. The Bertz CT molecular complexity index is 436. The van der Waals surface area contributed by atoms with Gasteiger partial charge in [-0.25, -0.2) is 0 Å². The van der Waals surface area contributed by atoms with Gasteiger partial charge < -0.3 is 5.32 Å². The van der Waals surface area contributed by atoms with Crippen LogP contribution in [0.25, 0.3) is 0 Å². The summed E-state index contributed by atoms with van der Waals surface area (Å²) in [6.45, 7) is 6.70. The molecule has 0 spiro atoms. The largest absolute Gasteiger partial charge is 0.316 e. The van der Waals surface area contributed by atoms with E-state index >= 15 is 0 Å². The summed E-state index contributed by atoms with van der Waals surface area (Å²) in [4.78, 5) is 0. The number of hydrogen-bond acceptors (Lipinski definition) is 2. The zero-order chi connectivity index (χ0) is 14.7. The lowest BCUT2D eigenvalue weighted by molar-refractivity contribution is 0.179. The summed E-state index contributed by atoms with van der Waals surface area (Å²) in [6.07, 6.45) is 8.10. The molecule has 0 saturated heterocycles. The Hall–Kier alpha value is -0.830. The van der Waals surface area contributed by atoms with Gasteiger partial charge in [-0.05, 0) is 51.1 Å². The highest BCUT2D eigenvalue weighted by Crippen LogP contribution is 2.35. The molecule has 3 nitrogen and oxygen atoms in total. The maximum absolute atomic E-state index is 4.57. The monoisotopic (exact) mass is 277 g/mol. The Morgan fingerprint density at radius 2 is 2.00 bits per heavy atom. The van der Waals surface area contributed by atoms with E-state index in [-0.39, 0.29) is 0 Å². The molecule has 3 unspecified atom stereocenters. The number of aryl methyl sites for hydroxylation is 2. The molecule has 1 heterocycles. The van der Waals surface area contributed by atoms with Gasteiger partial charge in [0.1, 0.15) is 0 Å². The molecule has 2 rings (SSSR count). The second-order valence-electron chi connectivity index (χ2n) is 6.49. The SMILES string of the molecule is CCC1CCCCC1C(Cc1c(C)nn(C)c1C)NC. The van der Waals surface area contributed by atoms with Gasteiger partial charge in [-0.2, -0.15) is 5.10 Å². The first-order chi connectivity index (χ1) is 9.58. The molecule has 114 valence electrons. The van der Waals surface area contributed by atoms with E-state index in [9.17, 15) is 0 Å². The number of likely N-dealkylation sites (N-methyl/N-ethyl adjacent to an activating group) is 1. The van der Waals surface area contributed by atoms with Crippen molar-refractivity contribution in [2.24, 2.45) is 18.9 Å². The number of hydrogen-bond donors (Lipinski definition) is 1. The van der Waals surface area contributed by atoms with Crippen LogP contribution in [0.15, 0.2) is 0 Å². The molecule has 20 heavy (non-hydrogen) atoms. The fourth-order valence-electron chi connectivity index (χ4n) is 4.07. The lowest BCUT2D eigenvalue weighted by Crippen LogP contribution is -2.41. The Kier molecular flexibility index (Phi) is 5.25. The van der Waals surface area contributed by atoms with Crippen LogP contribution in [-0.4, -0.2) is 22.9 Å². The smallest absolute Gasteiger partial charge is 0.0628 e. The van der Waals surface area contributed by atoms with Crippen LogP contribution in [0.1, 0.15) is 56.0 Å². The minimum Gasteiger partial charge on any atom is -0.316 e. The van der Waals surface area contributed by atoms with Crippen LogP contribution in [-0.2, 0) is 13.5 Å². The van der Waals surface area contributed by atoms with Crippen LogP contribution < -0.4 is 5.32 Å². The number of aromatic nitrogens is 2. The predicted molar refractivity (Wildman–Crippen MR) is 85.0 cm³/mol. The van der Waals surface area contributed by atoms with Crippen LogP contribution in [0.4, 0.5) is 0 Å². The van der Waals surface area contributed by atoms with E-state index in [0.717, 1.165) is 18.3 Å². The second kappa shape index (κ2) is 6.75. The van der Waals surface area contributed by atoms with E-state index < -0.39 is 0 Å². The fourth-order valence-corrected chi connectivity index (χ4v) is 4.07. The van der Waals surface area contributed by atoms with Gasteiger partial charge in [-0.3, -0.25) is 4.68 Å². The maximum atomic E-state index is 4.57. The number of nitrogens with zero attached hydrogens (tertiary/aromatic N) is 2. The molecule has 0 amide bonds. The molecule has 0 aromatic carbocycles. The zero-order valence-corrected chi connectivity index (χ0v) is 13.9. The van der Waals surface area contributed by atoms with E-state index in [1.807, 2.05) is 4.68 Å². The average Bonchev–Trinajstić information content (AvgIpc) is 2.70. The Labute approximate surface area is 124 Å². The average molecular weight is 277 g/mol. The summed E-state index contributed by atoms with van der Waals surface area (Å²) >= 11 is 0. The molecule has 0 radical (unpaired) electrons. The van der Waals surface area contributed by atoms with Crippen LogP contribution in [0, 0.1) is 25.7 Å². The number of rotatable bonds is 5. The molecule has 3 atom stereocenters. The highest BCUT2D eigenvalue weighted by molar-refractivity contribution is 5.25. The van der Waals surface area contributed by atoms with Gasteiger partial charge in [0.25, 0.3) is 0 Å². The van der Waals surface area contributed by atoms with Crippen LogP contribution in [0.3, 0.4) is 0 Å². The lowest BCUT2D eigenvalue weighted by Gasteiger charge is -2.37. The molecular formula is C17H31N3. The summed E-state index contributed by atoms with van der Waals surface area (Å²) < 4.78 is 2.02. The molecule has 1 fully saturated rings. The molecule has 1 aromatic heterocycles.